The van der Waals surface area contributed by atoms with E-state index in [0.29, 0.717) is 24.3 Å². The Kier molecular flexibility index (Phi) is 6.10. The van der Waals surface area contributed by atoms with Crippen molar-refractivity contribution < 1.29 is 9.59 Å². The summed E-state index contributed by atoms with van der Waals surface area (Å²) >= 11 is 2.27. The van der Waals surface area contributed by atoms with Gasteiger partial charge >= 0.3 is 0 Å². The number of nitrogens with one attached hydrogen (secondary N) is 1. The first-order valence-corrected chi connectivity index (χ1v) is 10.7. The average Bonchev–Trinajstić information content (AvgIpc) is 2.76. The Morgan fingerprint density at radius 1 is 1.07 bits per heavy atom. The van der Waals surface area contributed by atoms with Crippen LogP contribution >= 0.6 is 22.6 Å². The lowest BCUT2D eigenvalue weighted by Crippen LogP contribution is -2.48. The second-order valence-electron chi connectivity index (χ2n) is 7.19. The van der Waals surface area contributed by atoms with Gasteiger partial charge in [-0.2, -0.15) is 0 Å². The van der Waals surface area contributed by atoms with Gasteiger partial charge in [-0.05, 0) is 84.2 Å². The van der Waals surface area contributed by atoms with E-state index < -0.39 is 0 Å². The molecule has 1 aromatic heterocycles. The van der Waals surface area contributed by atoms with Gasteiger partial charge in [0.05, 0.1) is 12.2 Å². The average molecular weight is 512 g/mol. The van der Waals surface area contributed by atoms with E-state index in [4.69, 9.17) is 0 Å². The SMILES string of the molecule is CN1CCN(c2ccc(C(=O)Nc3ccc(I)c(-c4ccccn4)c3)cc2)C(=O)C1. The normalized spacial score (nSPS) is 14.6. The molecule has 0 radical (unpaired) electrons. The maximum Gasteiger partial charge on any atom is 0.255 e. The van der Waals surface area contributed by atoms with Crippen LogP contribution in [0.4, 0.5) is 11.4 Å². The Balaban J connectivity index is 1.49. The molecule has 1 aliphatic heterocycles. The van der Waals surface area contributed by atoms with Gasteiger partial charge in [0.15, 0.2) is 0 Å². The lowest BCUT2D eigenvalue weighted by Gasteiger charge is -2.32. The Bertz CT molecular complexity index is 1070. The number of benzene rings is 2. The molecule has 2 amide bonds. The minimum absolute atomic E-state index is 0.0712. The summed E-state index contributed by atoms with van der Waals surface area (Å²) in [5.41, 5.74) is 3.89. The van der Waals surface area contributed by atoms with Crippen LogP contribution in [0.15, 0.2) is 66.9 Å². The van der Waals surface area contributed by atoms with Gasteiger partial charge in [0.1, 0.15) is 0 Å². The van der Waals surface area contributed by atoms with Crippen molar-refractivity contribution >= 4 is 45.8 Å². The Hall–Kier alpha value is -2.78. The summed E-state index contributed by atoms with van der Waals surface area (Å²) in [5, 5.41) is 2.95. The number of hydrogen-bond donors (Lipinski definition) is 1. The van der Waals surface area contributed by atoms with Gasteiger partial charge in [0.25, 0.3) is 5.91 Å². The van der Waals surface area contributed by atoms with Crippen LogP contribution in [-0.2, 0) is 4.79 Å². The van der Waals surface area contributed by atoms with E-state index in [1.54, 1.807) is 23.2 Å². The molecule has 152 valence electrons. The molecule has 1 N–H and O–H groups in total. The summed E-state index contributed by atoms with van der Waals surface area (Å²) in [6.07, 6.45) is 1.75. The van der Waals surface area contributed by atoms with Crippen molar-refractivity contribution in [2.75, 3.05) is 36.9 Å². The van der Waals surface area contributed by atoms with Crippen LogP contribution in [0.1, 0.15) is 10.4 Å². The highest BCUT2D eigenvalue weighted by atomic mass is 127. The van der Waals surface area contributed by atoms with Gasteiger partial charge in [-0.25, -0.2) is 0 Å². The highest BCUT2D eigenvalue weighted by Gasteiger charge is 2.22. The van der Waals surface area contributed by atoms with Crippen LogP contribution in [0.25, 0.3) is 11.3 Å². The third-order valence-electron chi connectivity index (χ3n) is 5.02. The van der Waals surface area contributed by atoms with E-state index in [2.05, 4.69) is 32.9 Å². The predicted molar refractivity (Wildman–Crippen MR) is 127 cm³/mol. The molecule has 2 aromatic carbocycles. The van der Waals surface area contributed by atoms with Crippen LogP contribution in [0.3, 0.4) is 0 Å². The first-order chi connectivity index (χ1) is 14.5. The fourth-order valence-corrected chi connectivity index (χ4v) is 3.99. The minimum Gasteiger partial charge on any atom is -0.322 e. The van der Waals surface area contributed by atoms with E-state index in [-0.39, 0.29) is 11.8 Å². The highest BCUT2D eigenvalue weighted by Crippen LogP contribution is 2.27. The zero-order valence-corrected chi connectivity index (χ0v) is 18.7. The van der Waals surface area contributed by atoms with Crippen LogP contribution in [0.5, 0.6) is 0 Å². The number of rotatable bonds is 4. The van der Waals surface area contributed by atoms with E-state index in [1.165, 1.54) is 0 Å². The first kappa shape index (κ1) is 20.5. The smallest absolute Gasteiger partial charge is 0.255 e. The molecule has 3 aromatic rings. The fourth-order valence-electron chi connectivity index (χ4n) is 3.38. The molecule has 0 bridgehead atoms. The lowest BCUT2D eigenvalue weighted by molar-refractivity contribution is -0.120. The predicted octanol–water partition coefficient (Wildman–Crippen LogP) is 3.88. The maximum absolute atomic E-state index is 12.7. The highest BCUT2D eigenvalue weighted by molar-refractivity contribution is 14.1. The Morgan fingerprint density at radius 3 is 2.57 bits per heavy atom. The fraction of sp³-hybridized carbons (Fsp3) is 0.174. The third-order valence-corrected chi connectivity index (χ3v) is 5.96. The standard InChI is InChI=1S/C23H21IN4O2/c1-27-12-13-28(22(29)15-27)18-8-5-16(6-9-18)23(30)26-17-7-10-20(24)19(14-17)21-4-2-3-11-25-21/h2-11,14H,12-13,15H2,1H3,(H,26,30). The van der Waals surface area contributed by atoms with Gasteiger partial charge in [-0.15, -0.1) is 0 Å². The summed E-state index contributed by atoms with van der Waals surface area (Å²) < 4.78 is 1.06. The number of piperazine rings is 1. The van der Waals surface area contributed by atoms with Crippen molar-refractivity contribution in [3.05, 3.63) is 76.0 Å². The summed E-state index contributed by atoms with van der Waals surface area (Å²) in [4.78, 5) is 33.1. The summed E-state index contributed by atoms with van der Waals surface area (Å²) in [6.45, 7) is 1.90. The van der Waals surface area contributed by atoms with E-state index in [0.717, 1.165) is 27.1 Å². The Morgan fingerprint density at radius 2 is 1.87 bits per heavy atom. The molecule has 0 saturated carbocycles. The van der Waals surface area contributed by atoms with Crippen molar-refractivity contribution in [3.63, 3.8) is 0 Å². The topological polar surface area (TPSA) is 65.5 Å². The molecular formula is C23H21IN4O2. The molecule has 0 aliphatic carbocycles. The first-order valence-electron chi connectivity index (χ1n) is 9.62. The van der Waals surface area contributed by atoms with E-state index >= 15 is 0 Å². The molecule has 1 fully saturated rings. The number of carbonyl (C=O) groups excluding carboxylic acids is 2. The van der Waals surface area contributed by atoms with Crippen molar-refractivity contribution in [1.82, 2.24) is 9.88 Å². The van der Waals surface area contributed by atoms with Gasteiger partial charge in [-0.1, -0.05) is 6.07 Å². The molecule has 1 saturated heterocycles. The molecule has 1 aliphatic rings. The zero-order chi connectivity index (χ0) is 21.1. The summed E-state index contributed by atoms with van der Waals surface area (Å²) in [7, 11) is 1.94. The number of carbonyl (C=O) groups is 2. The molecule has 0 spiro atoms. The summed E-state index contributed by atoms with van der Waals surface area (Å²) in [6, 6.07) is 18.7. The van der Waals surface area contributed by atoms with Gasteiger partial charge < -0.3 is 10.2 Å². The maximum atomic E-state index is 12.7. The zero-order valence-electron chi connectivity index (χ0n) is 16.5. The number of aromatic nitrogens is 1. The molecule has 30 heavy (non-hydrogen) atoms. The van der Waals surface area contributed by atoms with Crippen molar-refractivity contribution in [1.29, 1.82) is 0 Å². The van der Waals surface area contributed by atoms with E-state index in [1.807, 2.05) is 60.5 Å². The number of halogens is 1. The Labute approximate surface area is 189 Å². The van der Waals surface area contributed by atoms with Gasteiger partial charge in [0, 0.05) is 45.4 Å². The van der Waals surface area contributed by atoms with Crippen LogP contribution in [-0.4, -0.2) is 48.4 Å². The number of nitrogens with zero attached hydrogens (tertiary/aromatic N) is 3. The van der Waals surface area contributed by atoms with Gasteiger partial charge in [0.2, 0.25) is 5.91 Å². The molecular weight excluding hydrogens is 491 g/mol. The number of anilines is 2. The van der Waals surface area contributed by atoms with Crippen molar-refractivity contribution in [3.8, 4) is 11.3 Å². The van der Waals surface area contributed by atoms with Crippen molar-refractivity contribution in [2.24, 2.45) is 0 Å². The minimum atomic E-state index is -0.195. The summed E-state index contributed by atoms with van der Waals surface area (Å²) in [5.74, 6) is -0.124. The second-order valence-corrected chi connectivity index (χ2v) is 8.36. The molecule has 2 heterocycles. The van der Waals surface area contributed by atoms with Crippen LogP contribution in [0.2, 0.25) is 0 Å². The van der Waals surface area contributed by atoms with Crippen molar-refractivity contribution in [2.45, 2.75) is 0 Å². The number of amides is 2. The molecule has 4 rings (SSSR count). The van der Waals surface area contributed by atoms with Crippen LogP contribution < -0.4 is 10.2 Å². The largest absolute Gasteiger partial charge is 0.322 e. The van der Waals surface area contributed by atoms with E-state index in [9.17, 15) is 9.59 Å². The van der Waals surface area contributed by atoms with Gasteiger partial charge in [-0.3, -0.25) is 19.5 Å². The lowest BCUT2D eigenvalue weighted by atomic mass is 10.1. The number of hydrogen-bond acceptors (Lipinski definition) is 4. The quantitative estimate of drug-likeness (QED) is 0.539. The number of pyridine rings is 1. The monoisotopic (exact) mass is 512 g/mol. The molecule has 7 heteroatoms. The third kappa shape index (κ3) is 4.52. The number of likely N-dealkylation sites (N-methyl/N-ethyl adjacent to an activating group) is 1. The second kappa shape index (κ2) is 8.93. The molecule has 6 nitrogen and oxygen atoms in total. The molecule has 0 atom stereocenters. The van der Waals surface area contributed by atoms with Crippen LogP contribution in [0, 0.1) is 3.57 Å². The molecule has 0 unspecified atom stereocenters.